The first kappa shape index (κ1) is 14.6. The van der Waals surface area contributed by atoms with Crippen molar-refractivity contribution in [2.75, 3.05) is 0 Å². The maximum Gasteiger partial charge on any atom is 0.257 e. The van der Waals surface area contributed by atoms with Crippen LogP contribution in [0.4, 0.5) is 0 Å². The van der Waals surface area contributed by atoms with Crippen LogP contribution in [0.3, 0.4) is 0 Å². The van der Waals surface area contributed by atoms with Crippen molar-refractivity contribution in [3.05, 3.63) is 18.0 Å². The highest BCUT2D eigenvalue weighted by molar-refractivity contribution is 5.94. The summed E-state index contributed by atoms with van der Waals surface area (Å²) < 4.78 is 1.90. The molecule has 0 N–H and O–H groups in total. The van der Waals surface area contributed by atoms with Crippen LogP contribution in [0.15, 0.2) is 12.4 Å². The van der Waals surface area contributed by atoms with Crippen LogP contribution in [-0.2, 0) is 5.54 Å². The molecule has 4 nitrogen and oxygen atoms in total. The van der Waals surface area contributed by atoms with Crippen molar-refractivity contribution in [1.82, 2.24) is 14.7 Å². The van der Waals surface area contributed by atoms with E-state index in [1.807, 2.05) is 10.9 Å². The summed E-state index contributed by atoms with van der Waals surface area (Å²) in [5.41, 5.74) is 0.677. The van der Waals surface area contributed by atoms with Crippen molar-refractivity contribution in [3.8, 4) is 0 Å². The van der Waals surface area contributed by atoms with E-state index in [9.17, 15) is 4.79 Å². The van der Waals surface area contributed by atoms with Gasteiger partial charge < -0.3 is 4.90 Å². The van der Waals surface area contributed by atoms with E-state index in [2.05, 4.69) is 30.8 Å². The van der Waals surface area contributed by atoms with Crippen molar-refractivity contribution < 1.29 is 4.79 Å². The molecular formula is C17H27N3O. The summed E-state index contributed by atoms with van der Waals surface area (Å²) >= 11 is 0. The van der Waals surface area contributed by atoms with Crippen molar-refractivity contribution >= 4 is 5.91 Å². The largest absolute Gasteiger partial charge is 0.333 e. The summed E-state index contributed by atoms with van der Waals surface area (Å²) in [7, 11) is 0. The number of hydrogen-bond donors (Lipinski definition) is 0. The van der Waals surface area contributed by atoms with Gasteiger partial charge in [0.2, 0.25) is 0 Å². The van der Waals surface area contributed by atoms with Gasteiger partial charge in [-0.1, -0.05) is 19.3 Å². The second-order valence-electron chi connectivity index (χ2n) is 7.58. The third-order valence-corrected chi connectivity index (χ3v) is 4.66. The Kier molecular flexibility index (Phi) is 3.80. The molecule has 0 aliphatic heterocycles. The highest BCUT2D eigenvalue weighted by Gasteiger charge is 2.38. The van der Waals surface area contributed by atoms with Gasteiger partial charge in [-0.15, -0.1) is 0 Å². The molecule has 2 aliphatic carbocycles. The number of aromatic nitrogens is 2. The predicted molar refractivity (Wildman–Crippen MR) is 83.3 cm³/mol. The molecule has 21 heavy (non-hydrogen) atoms. The Morgan fingerprint density at radius 1 is 1.14 bits per heavy atom. The highest BCUT2D eigenvalue weighted by Crippen LogP contribution is 2.35. The zero-order valence-electron chi connectivity index (χ0n) is 13.5. The Balaban J connectivity index is 1.79. The molecule has 116 valence electrons. The number of hydrogen-bond acceptors (Lipinski definition) is 2. The molecule has 0 atom stereocenters. The molecule has 1 amide bonds. The molecule has 3 rings (SSSR count). The molecule has 0 spiro atoms. The number of amides is 1. The zero-order valence-corrected chi connectivity index (χ0v) is 13.5. The average molecular weight is 289 g/mol. The molecule has 2 saturated carbocycles. The molecule has 2 fully saturated rings. The van der Waals surface area contributed by atoms with E-state index < -0.39 is 0 Å². The van der Waals surface area contributed by atoms with E-state index in [4.69, 9.17) is 0 Å². The molecule has 0 saturated heterocycles. The Hall–Kier alpha value is -1.32. The number of nitrogens with zero attached hydrogens (tertiary/aromatic N) is 3. The molecule has 0 radical (unpaired) electrons. The summed E-state index contributed by atoms with van der Waals surface area (Å²) in [4.78, 5) is 15.1. The summed E-state index contributed by atoms with van der Waals surface area (Å²) in [6, 6.07) is 0.940. The third-order valence-electron chi connectivity index (χ3n) is 4.66. The van der Waals surface area contributed by atoms with Gasteiger partial charge in [-0.25, -0.2) is 0 Å². The second-order valence-corrected chi connectivity index (χ2v) is 7.58. The van der Waals surface area contributed by atoms with Crippen molar-refractivity contribution in [3.63, 3.8) is 0 Å². The smallest absolute Gasteiger partial charge is 0.257 e. The molecule has 1 aromatic rings. The second kappa shape index (κ2) is 5.47. The van der Waals surface area contributed by atoms with Crippen LogP contribution in [0, 0.1) is 0 Å². The maximum atomic E-state index is 12.9. The maximum absolute atomic E-state index is 12.9. The SMILES string of the molecule is CC(C)(C)n1cc(C(=O)N(C2CCCCC2)C2CC2)cn1. The van der Waals surface area contributed by atoms with Gasteiger partial charge in [0, 0.05) is 18.3 Å². The first-order valence-electron chi connectivity index (χ1n) is 8.34. The zero-order chi connectivity index (χ0) is 15.0. The quantitative estimate of drug-likeness (QED) is 0.853. The summed E-state index contributed by atoms with van der Waals surface area (Å²) in [5, 5.41) is 4.38. The minimum absolute atomic E-state index is 0.0756. The molecular weight excluding hydrogens is 262 g/mol. The molecule has 1 aromatic heterocycles. The summed E-state index contributed by atoms with van der Waals surface area (Å²) in [6.45, 7) is 6.32. The number of carbonyl (C=O) groups is 1. The normalized spacial score (nSPS) is 20.5. The standard InChI is InChI=1S/C17H27N3O/c1-17(2,3)19-12-13(11-18-19)16(21)20(15-9-10-15)14-7-5-4-6-8-14/h11-12,14-15H,4-10H2,1-3H3. The van der Waals surface area contributed by atoms with Gasteiger partial charge in [0.15, 0.2) is 0 Å². The lowest BCUT2D eigenvalue weighted by Gasteiger charge is -2.34. The van der Waals surface area contributed by atoms with Crippen LogP contribution in [0.25, 0.3) is 0 Å². The fourth-order valence-corrected chi connectivity index (χ4v) is 3.29. The van der Waals surface area contributed by atoms with E-state index >= 15 is 0 Å². The first-order chi connectivity index (χ1) is 9.97. The van der Waals surface area contributed by atoms with Crippen LogP contribution in [0.2, 0.25) is 0 Å². The Bertz CT molecular complexity index is 504. The molecule has 1 heterocycles. The number of carbonyl (C=O) groups excluding carboxylic acids is 1. The third kappa shape index (κ3) is 3.14. The fraction of sp³-hybridized carbons (Fsp3) is 0.765. The molecule has 0 unspecified atom stereocenters. The molecule has 4 heteroatoms. The van der Waals surface area contributed by atoms with E-state index in [0.717, 1.165) is 5.56 Å². The summed E-state index contributed by atoms with van der Waals surface area (Å²) in [6.07, 6.45) is 12.2. The average Bonchev–Trinajstić information content (AvgIpc) is 3.13. The Morgan fingerprint density at radius 3 is 2.29 bits per heavy atom. The van der Waals surface area contributed by atoms with Crippen LogP contribution in [0.1, 0.15) is 76.1 Å². The monoisotopic (exact) mass is 289 g/mol. The van der Waals surface area contributed by atoms with Gasteiger partial charge >= 0.3 is 0 Å². The lowest BCUT2D eigenvalue weighted by atomic mass is 9.93. The van der Waals surface area contributed by atoms with Gasteiger partial charge in [0.1, 0.15) is 0 Å². The predicted octanol–water partition coefficient (Wildman–Crippen LogP) is 3.58. The van der Waals surface area contributed by atoms with Crippen molar-refractivity contribution in [1.29, 1.82) is 0 Å². The van der Waals surface area contributed by atoms with Gasteiger partial charge in [-0.2, -0.15) is 5.10 Å². The Labute approximate surface area is 127 Å². The van der Waals surface area contributed by atoms with Gasteiger partial charge in [-0.3, -0.25) is 9.48 Å². The minimum Gasteiger partial charge on any atom is -0.333 e. The van der Waals surface area contributed by atoms with Crippen LogP contribution >= 0.6 is 0 Å². The highest BCUT2D eigenvalue weighted by atomic mass is 16.2. The van der Waals surface area contributed by atoms with Crippen LogP contribution in [0.5, 0.6) is 0 Å². The molecule has 2 aliphatic rings. The van der Waals surface area contributed by atoms with Gasteiger partial charge in [-0.05, 0) is 46.5 Å². The van der Waals surface area contributed by atoms with E-state index in [1.54, 1.807) is 6.20 Å². The topological polar surface area (TPSA) is 38.1 Å². The van der Waals surface area contributed by atoms with E-state index in [1.165, 1.54) is 44.9 Å². The lowest BCUT2D eigenvalue weighted by molar-refractivity contribution is 0.0614. The van der Waals surface area contributed by atoms with E-state index in [-0.39, 0.29) is 11.4 Å². The minimum atomic E-state index is -0.0756. The fourth-order valence-electron chi connectivity index (χ4n) is 3.29. The lowest BCUT2D eigenvalue weighted by Crippen LogP contribution is -2.43. The van der Waals surface area contributed by atoms with Gasteiger partial charge in [0.25, 0.3) is 5.91 Å². The first-order valence-corrected chi connectivity index (χ1v) is 8.34. The Morgan fingerprint density at radius 2 is 1.76 bits per heavy atom. The number of rotatable bonds is 3. The summed E-state index contributed by atoms with van der Waals surface area (Å²) in [5.74, 6) is 0.194. The van der Waals surface area contributed by atoms with Crippen molar-refractivity contribution in [2.45, 2.75) is 83.3 Å². The molecule has 0 bridgehead atoms. The van der Waals surface area contributed by atoms with Crippen LogP contribution < -0.4 is 0 Å². The van der Waals surface area contributed by atoms with Crippen molar-refractivity contribution in [2.24, 2.45) is 0 Å². The van der Waals surface area contributed by atoms with E-state index in [0.29, 0.717) is 12.1 Å². The van der Waals surface area contributed by atoms with Gasteiger partial charge in [0.05, 0.1) is 17.3 Å². The molecule has 0 aromatic carbocycles. The van der Waals surface area contributed by atoms with Crippen LogP contribution in [-0.4, -0.2) is 32.7 Å².